The third kappa shape index (κ3) is 2.26. The average molecular weight is 269 g/mol. The number of hydrogen-bond acceptors (Lipinski definition) is 1. The van der Waals surface area contributed by atoms with Crippen LogP contribution in [0.3, 0.4) is 0 Å². The van der Waals surface area contributed by atoms with E-state index in [1.807, 2.05) is 0 Å². The first-order chi connectivity index (χ1) is 7.27. The predicted octanol–water partition coefficient (Wildman–Crippen LogP) is 3.91. The van der Waals surface area contributed by atoms with E-state index in [1.165, 1.54) is 29.3 Å². The normalized spacial score (nSPS) is 18.5. The Labute approximate surface area is 100.0 Å². The van der Waals surface area contributed by atoms with Crippen molar-refractivity contribution in [1.82, 2.24) is 0 Å². The molecular formula is C13H17BrO. The Kier molecular flexibility index (Phi) is 3.47. The Bertz CT molecular complexity index is 331. The Balaban J connectivity index is 2.18. The molecule has 0 unspecified atom stereocenters. The van der Waals surface area contributed by atoms with E-state index >= 15 is 0 Å². The molecule has 1 saturated carbocycles. The van der Waals surface area contributed by atoms with Crippen molar-refractivity contribution >= 4 is 15.9 Å². The summed E-state index contributed by atoms with van der Waals surface area (Å²) in [6.45, 7) is 3.75. The Morgan fingerprint density at radius 1 is 1.40 bits per heavy atom. The van der Waals surface area contributed by atoms with Crippen LogP contribution in [0.4, 0.5) is 0 Å². The monoisotopic (exact) mass is 268 g/mol. The fourth-order valence-electron chi connectivity index (χ4n) is 2.24. The van der Waals surface area contributed by atoms with E-state index in [0.717, 1.165) is 13.2 Å². The molecule has 0 spiro atoms. The molecule has 1 aromatic rings. The molecule has 2 heteroatoms. The first kappa shape index (κ1) is 11.2. The van der Waals surface area contributed by atoms with Crippen molar-refractivity contribution in [2.24, 2.45) is 0 Å². The molecule has 1 aliphatic carbocycles. The summed E-state index contributed by atoms with van der Waals surface area (Å²) in [6.07, 6.45) is 3.87. The van der Waals surface area contributed by atoms with E-state index in [2.05, 4.69) is 47.1 Å². The Hall–Kier alpha value is -0.340. The lowest BCUT2D eigenvalue weighted by atomic mass is 9.65. The second-order valence-corrected chi connectivity index (χ2v) is 5.20. The largest absolute Gasteiger partial charge is 0.381 e. The average Bonchev–Trinajstić information content (AvgIpc) is 2.16. The molecule has 1 fully saturated rings. The molecule has 15 heavy (non-hydrogen) atoms. The van der Waals surface area contributed by atoms with Gasteiger partial charge in [-0.1, -0.05) is 34.5 Å². The van der Waals surface area contributed by atoms with E-state index in [4.69, 9.17) is 4.74 Å². The molecule has 0 N–H and O–H groups in total. The first-order valence-electron chi connectivity index (χ1n) is 5.61. The van der Waals surface area contributed by atoms with Gasteiger partial charge in [-0.15, -0.1) is 0 Å². The van der Waals surface area contributed by atoms with Crippen LogP contribution in [0.1, 0.15) is 31.7 Å². The van der Waals surface area contributed by atoms with E-state index < -0.39 is 0 Å². The molecule has 0 radical (unpaired) electrons. The van der Waals surface area contributed by atoms with Gasteiger partial charge in [-0.3, -0.25) is 0 Å². The molecule has 1 aliphatic rings. The smallest absolute Gasteiger partial charge is 0.0562 e. The molecule has 0 atom stereocenters. The molecule has 1 aromatic carbocycles. The Morgan fingerprint density at radius 3 is 2.73 bits per heavy atom. The zero-order valence-corrected chi connectivity index (χ0v) is 10.7. The van der Waals surface area contributed by atoms with Crippen LogP contribution in [0, 0.1) is 0 Å². The van der Waals surface area contributed by atoms with Crippen LogP contribution < -0.4 is 0 Å². The number of ether oxygens (including phenoxy) is 1. The van der Waals surface area contributed by atoms with Gasteiger partial charge in [0.1, 0.15) is 0 Å². The molecular weight excluding hydrogens is 252 g/mol. The van der Waals surface area contributed by atoms with Crippen molar-refractivity contribution in [2.45, 2.75) is 31.6 Å². The molecule has 0 saturated heterocycles. The molecule has 0 amide bonds. The van der Waals surface area contributed by atoms with E-state index in [1.54, 1.807) is 0 Å². The van der Waals surface area contributed by atoms with E-state index in [-0.39, 0.29) is 0 Å². The second-order valence-electron chi connectivity index (χ2n) is 4.28. The SMILES string of the molecule is CCOCC1(c2cccc(Br)c2)CCC1. The number of benzene rings is 1. The van der Waals surface area contributed by atoms with Gasteiger partial charge in [-0.25, -0.2) is 0 Å². The van der Waals surface area contributed by atoms with Crippen molar-refractivity contribution in [3.8, 4) is 0 Å². The zero-order valence-electron chi connectivity index (χ0n) is 9.13. The van der Waals surface area contributed by atoms with Crippen LogP contribution in [0.25, 0.3) is 0 Å². The van der Waals surface area contributed by atoms with Gasteiger partial charge < -0.3 is 4.74 Å². The maximum atomic E-state index is 5.62. The molecule has 2 rings (SSSR count). The van der Waals surface area contributed by atoms with Gasteiger partial charge in [0.05, 0.1) is 6.61 Å². The highest BCUT2D eigenvalue weighted by Gasteiger charge is 2.38. The standard InChI is InChI=1S/C13H17BrO/c1-2-15-10-13(7-4-8-13)11-5-3-6-12(14)9-11/h3,5-6,9H,2,4,7-8,10H2,1H3. The minimum absolute atomic E-state index is 0.305. The summed E-state index contributed by atoms with van der Waals surface area (Å²) < 4.78 is 6.79. The highest BCUT2D eigenvalue weighted by atomic mass is 79.9. The molecule has 1 nitrogen and oxygen atoms in total. The summed E-state index contributed by atoms with van der Waals surface area (Å²) in [4.78, 5) is 0. The van der Waals surface area contributed by atoms with Gasteiger partial charge in [-0.2, -0.15) is 0 Å². The lowest BCUT2D eigenvalue weighted by Gasteiger charge is -2.42. The lowest BCUT2D eigenvalue weighted by Crippen LogP contribution is -2.39. The maximum Gasteiger partial charge on any atom is 0.0562 e. The molecule has 0 heterocycles. The second kappa shape index (κ2) is 4.67. The third-order valence-corrected chi connectivity index (χ3v) is 3.82. The lowest BCUT2D eigenvalue weighted by molar-refractivity contribution is 0.0521. The van der Waals surface area contributed by atoms with Crippen LogP contribution in [0.15, 0.2) is 28.7 Å². The summed E-state index contributed by atoms with van der Waals surface area (Å²) in [7, 11) is 0. The van der Waals surface area contributed by atoms with Crippen LogP contribution in [-0.4, -0.2) is 13.2 Å². The van der Waals surface area contributed by atoms with E-state index in [0.29, 0.717) is 5.41 Å². The maximum absolute atomic E-state index is 5.62. The Morgan fingerprint density at radius 2 is 2.20 bits per heavy atom. The number of hydrogen-bond donors (Lipinski definition) is 0. The highest BCUT2D eigenvalue weighted by molar-refractivity contribution is 9.10. The van der Waals surface area contributed by atoms with Crippen molar-refractivity contribution < 1.29 is 4.74 Å². The number of halogens is 1. The van der Waals surface area contributed by atoms with Crippen LogP contribution in [-0.2, 0) is 10.2 Å². The fourth-order valence-corrected chi connectivity index (χ4v) is 2.63. The summed E-state index contributed by atoms with van der Waals surface area (Å²) in [5, 5.41) is 0. The van der Waals surface area contributed by atoms with Crippen molar-refractivity contribution in [1.29, 1.82) is 0 Å². The van der Waals surface area contributed by atoms with Crippen molar-refractivity contribution in [3.05, 3.63) is 34.3 Å². The van der Waals surface area contributed by atoms with Gasteiger partial charge >= 0.3 is 0 Å². The fraction of sp³-hybridized carbons (Fsp3) is 0.538. The summed E-state index contributed by atoms with van der Waals surface area (Å²) >= 11 is 3.54. The molecule has 82 valence electrons. The van der Waals surface area contributed by atoms with Crippen molar-refractivity contribution in [2.75, 3.05) is 13.2 Å². The molecule has 0 aliphatic heterocycles. The summed E-state index contributed by atoms with van der Waals surface area (Å²) in [5.41, 5.74) is 1.73. The zero-order chi connectivity index (χ0) is 10.7. The molecule has 0 aromatic heterocycles. The first-order valence-corrected chi connectivity index (χ1v) is 6.40. The highest BCUT2D eigenvalue weighted by Crippen LogP contribution is 2.44. The van der Waals surface area contributed by atoms with Crippen molar-refractivity contribution in [3.63, 3.8) is 0 Å². The van der Waals surface area contributed by atoms with Crippen LogP contribution in [0.2, 0.25) is 0 Å². The number of rotatable bonds is 4. The minimum Gasteiger partial charge on any atom is -0.381 e. The summed E-state index contributed by atoms with van der Waals surface area (Å²) in [5.74, 6) is 0. The topological polar surface area (TPSA) is 9.23 Å². The van der Waals surface area contributed by atoms with Gasteiger partial charge in [-0.05, 0) is 37.5 Å². The van der Waals surface area contributed by atoms with Gasteiger partial charge in [0.25, 0.3) is 0 Å². The van der Waals surface area contributed by atoms with Crippen LogP contribution in [0.5, 0.6) is 0 Å². The summed E-state index contributed by atoms with van der Waals surface area (Å²) in [6, 6.07) is 8.66. The van der Waals surface area contributed by atoms with Gasteiger partial charge in [0.2, 0.25) is 0 Å². The third-order valence-electron chi connectivity index (χ3n) is 3.33. The minimum atomic E-state index is 0.305. The van der Waals surface area contributed by atoms with Crippen LogP contribution >= 0.6 is 15.9 Å². The van der Waals surface area contributed by atoms with Gasteiger partial charge in [0, 0.05) is 16.5 Å². The predicted molar refractivity (Wildman–Crippen MR) is 66.2 cm³/mol. The molecule has 0 bridgehead atoms. The van der Waals surface area contributed by atoms with Gasteiger partial charge in [0.15, 0.2) is 0 Å². The quantitative estimate of drug-likeness (QED) is 0.805. The van der Waals surface area contributed by atoms with E-state index in [9.17, 15) is 0 Å².